The van der Waals surface area contributed by atoms with Crippen LogP contribution in [0.25, 0.3) is 22.3 Å². The van der Waals surface area contributed by atoms with Crippen molar-refractivity contribution in [3.8, 4) is 11.3 Å². The van der Waals surface area contributed by atoms with Gasteiger partial charge in [0.1, 0.15) is 11.3 Å². The smallest absolute Gasteiger partial charge is 0.341 e. The number of ether oxygens (including phenoxy) is 1. The van der Waals surface area contributed by atoms with Crippen molar-refractivity contribution in [2.24, 2.45) is 0 Å². The average molecular weight is 351 g/mol. The van der Waals surface area contributed by atoms with E-state index in [0.29, 0.717) is 16.7 Å². The minimum Gasteiger partial charge on any atom is -0.465 e. The van der Waals surface area contributed by atoms with Gasteiger partial charge < -0.3 is 14.5 Å². The van der Waals surface area contributed by atoms with Gasteiger partial charge >= 0.3 is 5.97 Å². The molecule has 0 atom stereocenters. The maximum absolute atomic E-state index is 12.7. The van der Waals surface area contributed by atoms with Gasteiger partial charge in [0.05, 0.1) is 12.5 Å². The minimum atomic E-state index is -0.517. The normalized spacial score (nSPS) is 10.8. The van der Waals surface area contributed by atoms with Crippen LogP contribution in [0.1, 0.15) is 27.0 Å². The highest BCUT2D eigenvalue weighted by Crippen LogP contribution is 2.30. The maximum atomic E-state index is 12.7. The van der Waals surface area contributed by atoms with Crippen molar-refractivity contribution >= 4 is 22.6 Å². The number of hydrogen-bond donors (Lipinski definition) is 1. The standard InChI is InChI=1S/C21H21NO4/c1-11-6-7-14(9-16(11)22-4)18-10-17(23)15-8-12(2)13(3)19(20(15)26-18)21(24)25-5/h6-10,22H,1-5H3. The van der Waals surface area contributed by atoms with E-state index in [1.807, 2.05) is 46.0 Å². The lowest BCUT2D eigenvalue weighted by atomic mass is 9.99. The van der Waals surface area contributed by atoms with Crippen LogP contribution < -0.4 is 10.7 Å². The quantitative estimate of drug-likeness (QED) is 0.716. The fourth-order valence-corrected chi connectivity index (χ4v) is 3.05. The number of hydrogen-bond acceptors (Lipinski definition) is 5. The van der Waals surface area contributed by atoms with E-state index < -0.39 is 5.97 Å². The molecule has 0 saturated heterocycles. The molecule has 1 heterocycles. The monoisotopic (exact) mass is 351 g/mol. The molecule has 0 spiro atoms. The molecule has 134 valence electrons. The highest BCUT2D eigenvalue weighted by Gasteiger charge is 2.20. The van der Waals surface area contributed by atoms with E-state index in [1.165, 1.54) is 13.2 Å². The summed E-state index contributed by atoms with van der Waals surface area (Å²) >= 11 is 0. The number of carbonyl (C=O) groups excluding carboxylic acids is 1. The molecular formula is C21H21NO4. The second-order valence-corrected chi connectivity index (χ2v) is 6.32. The van der Waals surface area contributed by atoms with Crippen LogP contribution in [0.3, 0.4) is 0 Å². The second kappa shape index (κ2) is 6.67. The molecule has 1 N–H and O–H groups in total. The zero-order chi connectivity index (χ0) is 19.0. The van der Waals surface area contributed by atoms with Gasteiger partial charge in [-0.25, -0.2) is 4.79 Å². The first-order chi connectivity index (χ1) is 12.4. The third-order valence-corrected chi connectivity index (χ3v) is 4.72. The summed E-state index contributed by atoms with van der Waals surface area (Å²) in [4.78, 5) is 25.0. The molecule has 5 nitrogen and oxygen atoms in total. The highest BCUT2D eigenvalue weighted by atomic mass is 16.5. The molecular weight excluding hydrogens is 330 g/mol. The molecule has 0 aliphatic carbocycles. The van der Waals surface area contributed by atoms with Crippen LogP contribution in [0, 0.1) is 20.8 Å². The Bertz CT molecular complexity index is 1080. The summed E-state index contributed by atoms with van der Waals surface area (Å²) in [5, 5.41) is 3.49. The molecule has 0 bridgehead atoms. The zero-order valence-electron chi connectivity index (χ0n) is 15.5. The fourth-order valence-electron chi connectivity index (χ4n) is 3.05. The third-order valence-electron chi connectivity index (χ3n) is 4.72. The van der Waals surface area contributed by atoms with Crippen molar-refractivity contribution in [3.05, 3.63) is 62.8 Å². The van der Waals surface area contributed by atoms with Crippen molar-refractivity contribution in [3.63, 3.8) is 0 Å². The summed E-state index contributed by atoms with van der Waals surface area (Å²) in [6.07, 6.45) is 0. The van der Waals surface area contributed by atoms with Crippen LogP contribution in [-0.4, -0.2) is 20.1 Å². The lowest BCUT2D eigenvalue weighted by Crippen LogP contribution is -2.10. The average Bonchev–Trinajstić information content (AvgIpc) is 2.63. The van der Waals surface area contributed by atoms with Gasteiger partial charge in [-0.2, -0.15) is 0 Å². The molecule has 0 fully saturated rings. The van der Waals surface area contributed by atoms with E-state index in [1.54, 1.807) is 6.07 Å². The van der Waals surface area contributed by atoms with E-state index >= 15 is 0 Å². The fraction of sp³-hybridized carbons (Fsp3) is 0.238. The number of benzene rings is 2. The van der Waals surface area contributed by atoms with Gasteiger partial charge in [0.15, 0.2) is 11.0 Å². The van der Waals surface area contributed by atoms with E-state index in [4.69, 9.17) is 9.15 Å². The van der Waals surface area contributed by atoms with Gasteiger partial charge in [-0.1, -0.05) is 12.1 Å². The Morgan fingerprint density at radius 3 is 2.46 bits per heavy atom. The number of carbonyl (C=O) groups is 1. The van der Waals surface area contributed by atoms with E-state index in [9.17, 15) is 9.59 Å². The van der Waals surface area contributed by atoms with Crippen molar-refractivity contribution in [1.82, 2.24) is 0 Å². The lowest BCUT2D eigenvalue weighted by Gasteiger charge is -2.12. The molecule has 2 aromatic carbocycles. The van der Waals surface area contributed by atoms with Crippen LogP contribution in [0.5, 0.6) is 0 Å². The van der Waals surface area contributed by atoms with Crippen LogP contribution in [0.2, 0.25) is 0 Å². The number of rotatable bonds is 3. The molecule has 0 saturated carbocycles. The topological polar surface area (TPSA) is 68.5 Å². The van der Waals surface area contributed by atoms with Gasteiger partial charge in [0, 0.05) is 24.4 Å². The molecule has 1 aromatic heterocycles. The first-order valence-electron chi connectivity index (χ1n) is 8.32. The first-order valence-corrected chi connectivity index (χ1v) is 8.32. The van der Waals surface area contributed by atoms with Crippen molar-refractivity contribution in [1.29, 1.82) is 0 Å². The summed E-state index contributed by atoms with van der Waals surface area (Å²) in [5.74, 6) is -0.108. The summed E-state index contributed by atoms with van der Waals surface area (Å²) < 4.78 is 10.9. The summed E-state index contributed by atoms with van der Waals surface area (Å²) in [5.41, 5.74) is 4.72. The minimum absolute atomic E-state index is 0.193. The van der Waals surface area contributed by atoms with Crippen molar-refractivity contribution in [2.45, 2.75) is 20.8 Å². The molecule has 0 amide bonds. The van der Waals surface area contributed by atoms with Crippen LogP contribution >= 0.6 is 0 Å². The van der Waals surface area contributed by atoms with Crippen molar-refractivity contribution < 1.29 is 13.9 Å². The largest absolute Gasteiger partial charge is 0.465 e. The van der Waals surface area contributed by atoms with E-state index in [0.717, 1.165) is 27.9 Å². The molecule has 5 heteroatoms. The Hall–Kier alpha value is -3.08. The third kappa shape index (κ3) is 2.86. The number of aryl methyl sites for hydroxylation is 2. The molecule has 0 aliphatic rings. The SMILES string of the molecule is CNc1cc(-c2cc(=O)c3cc(C)c(C)c(C(=O)OC)c3o2)ccc1C. The number of anilines is 1. The van der Waals surface area contributed by atoms with Gasteiger partial charge in [0.25, 0.3) is 0 Å². The summed E-state index contributed by atoms with van der Waals surface area (Å²) in [7, 11) is 3.15. The van der Waals surface area contributed by atoms with Gasteiger partial charge in [-0.3, -0.25) is 4.79 Å². The lowest BCUT2D eigenvalue weighted by molar-refractivity contribution is 0.0601. The Balaban J connectivity index is 2.36. The van der Waals surface area contributed by atoms with Crippen LogP contribution in [-0.2, 0) is 4.74 Å². The van der Waals surface area contributed by atoms with Crippen LogP contribution in [0.4, 0.5) is 5.69 Å². The molecule has 3 rings (SSSR count). The highest BCUT2D eigenvalue weighted by molar-refractivity contribution is 6.04. The summed E-state index contributed by atoms with van der Waals surface area (Å²) in [6, 6.07) is 8.97. The van der Waals surface area contributed by atoms with Crippen molar-refractivity contribution in [2.75, 3.05) is 19.5 Å². The molecule has 0 radical (unpaired) electrons. The van der Waals surface area contributed by atoms with E-state index in [-0.39, 0.29) is 11.0 Å². The number of fused-ring (bicyclic) bond motifs is 1. The Morgan fingerprint density at radius 2 is 1.81 bits per heavy atom. The number of esters is 1. The number of methoxy groups -OCH3 is 1. The van der Waals surface area contributed by atoms with Crippen LogP contribution in [0.15, 0.2) is 39.5 Å². The Morgan fingerprint density at radius 1 is 1.08 bits per heavy atom. The maximum Gasteiger partial charge on any atom is 0.341 e. The first kappa shape index (κ1) is 17.7. The van der Waals surface area contributed by atoms with E-state index in [2.05, 4.69) is 5.32 Å². The molecule has 3 aromatic rings. The predicted molar refractivity (Wildman–Crippen MR) is 103 cm³/mol. The van der Waals surface area contributed by atoms with Gasteiger partial charge in [0.2, 0.25) is 0 Å². The Kier molecular flexibility index (Phi) is 4.55. The second-order valence-electron chi connectivity index (χ2n) is 6.32. The molecule has 0 unspecified atom stereocenters. The summed E-state index contributed by atoms with van der Waals surface area (Å²) in [6.45, 7) is 5.67. The zero-order valence-corrected chi connectivity index (χ0v) is 15.5. The van der Waals surface area contributed by atoms with Gasteiger partial charge in [-0.05, 0) is 49.6 Å². The molecule has 0 aliphatic heterocycles. The number of nitrogens with one attached hydrogen (secondary N) is 1. The molecule has 26 heavy (non-hydrogen) atoms. The predicted octanol–water partition coefficient (Wildman–Crippen LogP) is 4.21. The van der Waals surface area contributed by atoms with Gasteiger partial charge in [-0.15, -0.1) is 0 Å². The Labute approximate surface area is 151 Å².